The number of nitrogens with one attached hydrogen (secondary N) is 2. The highest BCUT2D eigenvalue weighted by molar-refractivity contribution is 5.93. The predicted molar refractivity (Wildman–Crippen MR) is 124 cm³/mol. The second-order valence-corrected chi connectivity index (χ2v) is 8.98. The van der Waals surface area contributed by atoms with Crippen LogP contribution in [0.4, 0.5) is 0 Å². The molecule has 7 heteroatoms. The molecule has 3 aromatic heterocycles. The van der Waals surface area contributed by atoms with Gasteiger partial charge in [0.05, 0.1) is 18.2 Å². The molecule has 0 bridgehead atoms. The van der Waals surface area contributed by atoms with Gasteiger partial charge in [0.2, 0.25) is 5.88 Å². The van der Waals surface area contributed by atoms with E-state index >= 15 is 0 Å². The number of hydrogen-bond donors (Lipinski definition) is 2. The van der Waals surface area contributed by atoms with E-state index in [0.29, 0.717) is 47.3 Å². The second-order valence-electron chi connectivity index (χ2n) is 8.98. The maximum absolute atomic E-state index is 12.5. The normalized spacial score (nSPS) is 20.9. The largest absolute Gasteiger partial charge is 0.481 e. The van der Waals surface area contributed by atoms with Crippen LogP contribution in [0.25, 0.3) is 11.2 Å². The number of carbonyl (C=O) groups excluding carboxylic acids is 1. The van der Waals surface area contributed by atoms with Gasteiger partial charge in [-0.1, -0.05) is 25.5 Å². The van der Waals surface area contributed by atoms with Gasteiger partial charge in [0.1, 0.15) is 5.82 Å². The summed E-state index contributed by atoms with van der Waals surface area (Å²) < 4.78 is 5.21. The first kappa shape index (κ1) is 22.0. The van der Waals surface area contributed by atoms with Crippen molar-refractivity contribution in [1.29, 1.82) is 0 Å². The minimum Gasteiger partial charge on any atom is -0.481 e. The number of nitrogens with zero attached hydrogens (tertiary/aromatic N) is 3. The SMILES string of the molecule is COc1ccc2[nH]c(C[C@@H]3C[C@@H](C(C)C)[C@H](CNC(=O)c4cccnc4)C=C3C)nc2n1. The van der Waals surface area contributed by atoms with Crippen LogP contribution >= 0.6 is 0 Å². The molecule has 3 heterocycles. The molecule has 1 amide bonds. The fraction of sp³-hybridized carbons (Fsp3) is 0.440. The molecule has 32 heavy (non-hydrogen) atoms. The molecule has 0 fully saturated rings. The zero-order valence-electron chi connectivity index (χ0n) is 19.1. The molecule has 0 aromatic carbocycles. The Labute approximate surface area is 188 Å². The number of carbonyl (C=O) groups is 1. The number of methoxy groups -OCH3 is 1. The Morgan fingerprint density at radius 1 is 1.28 bits per heavy atom. The quantitative estimate of drug-likeness (QED) is 0.545. The van der Waals surface area contributed by atoms with Gasteiger partial charge < -0.3 is 15.0 Å². The van der Waals surface area contributed by atoms with Crippen LogP contribution in [0.3, 0.4) is 0 Å². The van der Waals surface area contributed by atoms with Crippen molar-refractivity contribution >= 4 is 17.1 Å². The minimum absolute atomic E-state index is 0.0704. The monoisotopic (exact) mass is 433 g/mol. The summed E-state index contributed by atoms with van der Waals surface area (Å²) in [4.78, 5) is 29.0. The number of H-pyrrole nitrogens is 1. The number of imidazole rings is 1. The molecule has 0 aliphatic heterocycles. The molecule has 168 valence electrons. The van der Waals surface area contributed by atoms with Gasteiger partial charge in [-0.3, -0.25) is 9.78 Å². The van der Waals surface area contributed by atoms with Crippen LogP contribution in [0.2, 0.25) is 0 Å². The van der Waals surface area contributed by atoms with Crippen LogP contribution in [-0.2, 0) is 6.42 Å². The molecule has 0 saturated heterocycles. The average Bonchev–Trinajstić information content (AvgIpc) is 3.20. The van der Waals surface area contributed by atoms with E-state index in [1.807, 2.05) is 12.1 Å². The van der Waals surface area contributed by atoms with Crippen LogP contribution in [0, 0.1) is 23.7 Å². The number of pyridine rings is 2. The Morgan fingerprint density at radius 3 is 2.84 bits per heavy atom. The first-order chi connectivity index (χ1) is 15.4. The van der Waals surface area contributed by atoms with Crippen LogP contribution in [-0.4, -0.2) is 39.5 Å². The number of ether oxygens (including phenoxy) is 1. The highest BCUT2D eigenvalue weighted by Gasteiger charge is 2.32. The summed E-state index contributed by atoms with van der Waals surface area (Å²) in [5, 5.41) is 3.11. The van der Waals surface area contributed by atoms with Crippen LogP contribution in [0.1, 0.15) is 43.4 Å². The number of amides is 1. The molecule has 3 aromatic rings. The maximum atomic E-state index is 12.5. The third-order valence-corrected chi connectivity index (χ3v) is 6.52. The Bertz CT molecular complexity index is 1110. The highest BCUT2D eigenvalue weighted by Crippen LogP contribution is 2.38. The topological polar surface area (TPSA) is 92.8 Å². The van der Waals surface area contributed by atoms with E-state index in [-0.39, 0.29) is 5.91 Å². The third kappa shape index (κ3) is 4.82. The lowest BCUT2D eigenvalue weighted by Gasteiger charge is -2.37. The predicted octanol–water partition coefficient (Wildman–Crippen LogP) is 4.19. The number of fused-ring (bicyclic) bond motifs is 1. The lowest BCUT2D eigenvalue weighted by atomic mass is 9.69. The van der Waals surface area contributed by atoms with Crippen LogP contribution in [0.5, 0.6) is 5.88 Å². The molecule has 7 nitrogen and oxygen atoms in total. The van der Waals surface area contributed by atoms with Crippen molar-refractivity contribution in [1.82, 2.24) is 25.3 Å². The molecular formula is C25H31N5O2. The number of aromatic nitrogens is 4. The van der Waals surface area contributed by atoms with E-state index in [4.69, 9.17) is 9.72 Å². The Kier molecular flexibility index (Phi) is 6.53. The summed E-state index contributed by atoms with van der Waals surface area (Å²) >= 11 is 0. The fourth-order valence-electron chi connectivity index (χ4n) is 4.69. The van der Waals surface area contributed by atoms with E-state index in [1.165, 1.54) is 5.57 Å². The summed E-state index contributed by atoms with van der Waals surface area (Å²) in [6.07, 6.45) is 7.55. The zero-order chi connectivity index (χ0) is 22.7. The lowest BCUT2D eigenvalue weighted by Crippen LogP contribution is -2.37. The molecule has 2 N–H and O–H groups in total. The average molecular weight is 434 g/mol. The van der Waals surface area contributed by atoms with Gasteiger partial charge in [-0.25, -0.2) is 4.98 Å². The third-order valence-electron chi connectivity index (χ3n) is 6.52. The minimum atomic E-state index is -0.0704. The molecule has 3 atom stereocenters. The highest BCUT2D eigenvalue weighted by atomic mass is 16.5. The van der Waals surface area contributed by atoms with Gasteiger partial charge in [-0.05, 0) is 55.2 Å². The van der Waals surface area contributed by atoms with E-state index in [2.05, 4.69) is 47.1 Å². The van der Waals surface area contributed by atoms with E-state index in [9.17, 15) is 4.79 Å². The van der Waals surface area contributed by atoms with Crippen molar-refractivity contribution in [2.24, 2.45) is 23.7 Å². The van der Waals surface area contributed by atoms with Crippen LogP contribution < -0.4 is 10.1 Å². The molecular weight excluding hydrogens is 402 g/mol. The second kappa shape index (κ2) is 9.51. The van der Waals surface area contributed by atoms with Crippen molar-refractivity contribution < 1.29 is 9.53 Å². The first-order valence-electron chi connectivity index (χ1n) is 11.2. The number of hydrogen-bond acceptors (Lipinski definition) is 5. The first-order valence-corrected chi connectivity index (χ1v) is 11.2. The van der Waals surface area contributed by atoms with Gasteiger partial charge in [0.25, 0.3) is 5.91 Å². The van der Waals surface area contributed by atoms with E-state index in [0.717, 1.165) is 24.2 Å². The van der Waals surface area contributed by atoms with Gasteiger partial charge in [0.15, 0.2) is 5.65 Å². The van der Waals surface area contributed by atoms with Gasteiger partial charge in [0, 0.05) is 31.4 Å². The van der Waals surface area contributed by atoms with E-state index < -0.39 is 0 Å². The van der Waals surface area contributed by atoms with Crippen molar-refractivity contribution in [2.45, 2.75) is 33.6 Å². The Morgan fingerprint density at radius 2 is 2.12 bits per heavy atom. The van der Waals surface area contributed by atoms with Gasteiger partial charge >= 0.3 is 0 Å². The molecule has 0 radical (unpaired) electrons. The standard InChI is InChI=1S/C25H31N5O2/c1-15(2)20-11-18(12-22-28-21-7-8-23(32-4)30-24(21)29-22)16(3)10-19(20)14-27-25(31)17-6-5-9-26-13-17/h5-10,13,15,18-20H,11-12,14H2,1-4H3,(H,27,31)(H,28,29,30)/t18-,19-,20-/m0/s1. The zero-order valence-corrected chi connectivity index (χ0v) is 19.1. The molecule has 0 spiro atoms. The van der Waals surface area contributed by atoms with Crippen molar-refractivity contribution in [3.63, 3.8) is 0 Å². The molecule has 4 rings (SSSR count). The van der Waals surface area contributed by atoms with E-state index in [1.54, 1.807) is 31.6 Å². The molecule has 0 unspecified atom stereocenters. The smallest absolute Gasteiger partial charge is 0.252 e. The number of aromatic amines is 1. The molecule has 0 saturated carbocycles. The Hall–Kier alpha value is -3.22. The molecule has 1 aliphatic carbocycles. The van der Waals surface area contributed by atoms with Gasteiger partial charge in [-0.15, -0.1) is 0 Å². The van der Waals surface area contributed by atoms with Crippen LogP contribution in [0.15, 0.2) is 48.3 Å². The number of rotatable bonds is 7. The van der Waals surface area contributed by atoms with Crippen molar-refractivity contribution in [3.05, 3.63) is 59.7 Å². The van der Waals surface area contributed by atoms with Crippen molar-refractivity contribution in [2.75, 3.05) is 13.7 Å². The lowest BCUT2D eigenvalue weighted by molar-refractivity contribution is 0.0938. The number of allylic oxidation sites excluding steroid dienone is 1. The fourth-order valence-corrected chi connectivity index (χ4v) is 4.69. The molecule has 1 aliphatic rings. The van der Waals surface area contributed by atoms with Crippen molar-refractivity contribution in [3.8, 4) is 5.88 Å². The summed E-state index contributed by atoms with van der Waals surface area (Å²) in [7, 11) is 1.61. The Balaban J connectivity index is 1.46. The summed E-state index contributed by atoms with van der Waals surface area (Å²) in [5.41, 5.74) is 3.56. The van der Waals surface area contributed by atoms with Gasteiger partial charge in [-0.2, -0.15) is 4.98 Å². The maximum Gasteiger partial charge on any atom is 0.252 e. The summed E-state index contributed by atoms with van der Waals surface area (Å²) in [6.45, 7) is 7.36. The summed E-state index contributed by atoms with van der Waals surface area (Å²) in [6, 6.07) is 7.37. The summed E-state index contributed by atoms with van der Waals surface area (Å²) in [5.74, 6) is 3.18.